The van der Waals surface area contributed by atoms with Gasteiger partial charge in [0.15, 0.2) is 0 Å². The van der Waals surface area contributed by atoms with E-state index in [1.54, 1.807) is 4.90 Å². The van der Waals surface area contributed by atoms with Gasteiger partial charge in [-0.05, 0) is 74.6 Å². The minimum absolute atomic E-state index is 0.0649. The van der Waals surface area contributed by atoms with Crippen LogP contribution in [0.2, 0.25) is 0 Å². The summed E-state index contributed by atoms with van der Waals surface area (Å²) in [5, 5.41) is 13.3. The number of carbonyl (C=O) groups excluding carboxylic acids is 2. The first kappa shape index (κ1) is 28.0. The number of hydrogen-bond donors (Lipinski definition) is 2. The molecule has 8 nitrogen and oxygen atoms in total. The van der Waals surface area contributed by atoms with Crippen LogP contribution in [-0.2, 0) is 4.79 Å². The number of anilines is 3. The standard InChI is InChI=1S/C33H38N6O2/c1-22-19-23(2)31(36-26-13-15-37(16-14-26)28-12-8-7-9-25(28)20-34)24(3)30(22)33(41)38-17-18-39(29(21-38)32(35)40)27-10-5-4-6-11-27/h4-12,19,26,29,36H,13-18,21H2,1-3H3,(H2,35,40). The zero-order chi connectivity index (χ0) is 29.1. The number of aryl methyl sites for hydroxylation is 2. The monoisotopic (exact) mass is 550 g/mol. The third kappa shape index (κ3) is 5.71. The summed E-state index contributed by atoms with van der Waals surface area (Å²) in [5.74, 6) is -0.500. The molecule has 1 unspecified atom stereocenters. The van der Waals surface area contributed by atoms with Gasteiger partial charge in [-0.25, -0.2) is 0 Å². The van der Waals surface area contributed by atoms with Crippen LogP contribution >= 0.6 is 0 Å². The molecule has 2 heterocycles. The van der Waals surface area contributed by atoms with Crippen LogP contribution in [0.3, 0.4) is 0 Å². The van der Waals surface area contributed by atoms with E-state index in [0.29, 0.717) is 24.2 Å². The highest BCUT2D eigenvalue weighted by atomic mass is 16.2. The zero-order valence-corrected chi connectivity index (χ0v) is 24.1. The molecule has 0 bridgehead atoms. The molecule has 0 radical (unpaired) electrons. The van der Waals surface area contributed by atoms with Gasteiger partial charge in [0.1, 0.15) is 12.1 Å². The molecule has 2 saturated heterocycles. The summed E-state index contributed by atoms with van der Waals surface area (Å²) in [6, 6.07) is 21.6. The SMILES string of the molecule is Cc1cc(C)c(C(=O)N2CCN(c3ccccc3)C(C(N)=O)C2)c(C)c1NC1CCN(c2ccccc2C#N)CC1. The molecule has 3 aromatic carbocycles. The van der Waals surface area contributed by atoms with Crippen molar-refractivity contribution in [3.8, 4) is 6.07 Å². The summed E-state index contributed by atoms with van der Waals surface area (Å²) < 4.78 is 0. The van der Waals surface area contributed by atoms with Gasteiger partial charge in [0.2, 0.25) is 5.91 Å². The van der Waals surface area contributed by atoms with Gasteiger partial charge in [-0.3, -0.25) is 9.59 Å². The minimum atomic E-state index is -0.588. The van der Waals surface area contributed by atoms with Gasteiger partial charge in [-0.15, -0.1) is 0 Å². The number of nitrogens with zero attached hydrogens (tertiary/aromatic N) is 4. The van der Waals surface area contributed by atoms with Crippen molar-refractivity contribution in [3.63, 3.8) is 0 Å². The number of amides is 2. The molecular formula is C33H38N6O2. The molecule has 3 aromatic rings. The molecule has 212 valence electrons. The fraction of sp³-hybridized carbons (Fsp3) is 0.364. The van der Waals surface area contributed by atoms with Gasteiger partial charge in [0, 0.05) is 49.2 Å². The quantitative estimate of drug-likeness (QED) is 0.472. The second kappa shape index (κ2) is 11.9. The largest absolute Gasteiger partial charge is 0.382 e. The van der Waals surface area contributed by atoms with Gasteiger partial charge in [-0.1, -0.05) is 36.4 Å². The Morgan fingerprint density at radius 2 is 1.61 bits per heavy atom. The van der Waals surface area contributed by atoms with Crippen LogP contribution in [0, 0.1) is 32.1 Å². The van der Waals surface area contributed by atoms with Crippen molar-refractivity contribution in [1.29, 1.82) is 5.26 Å². The number of rotatable bonds is 6. The predicted octanol–water partition coefficient (Wildman–Crippen LogP) is 4.38. The third-order valence-electron chi connectivity index (χ3n) is 8.48. The van der Waals surface area contributed by atoms with Crippen LogP contribution in [0.25, 0.3) is 0 Å². The number of piperidine rings is 1. The molecular weight excluding hydrogens is 512 g/mol. The number of carbonyl (C=O) groups is 2. The van der Waals surface area contributed by atoms with Crippen molar-refractivity contribution in [1.82, 2.24) is 4.90 Å². The van der Waals surface area contributed by atoms with E-state index in [0.717, 1.165) is 59.7 Å². The molecule has 41 heavy (non-hydrogen) atoms. The van der Waals surface area contributed by atoms with Gasteiger partial charge in [0.25, 0.3) is 5.91 Å². The lowest BCUT2D eigenvalue weighted by Gasteiger charge is -2.41. The normalized spacial score (nSPS) is 17.7. The predicted molar refractivity (Wildman–Crippen MR) is 163 cm³/mol. The number of piperazine rings is 1. The van der Waals surface area contributed by atoms with E-state index in [1.807, 2.05) is 73.3 Å². The first-order valence-corrected chi connectivity index (χ1v) is 14.3. The maximum absolute atomic E-state index is 14.0. The molecule has 1 atom stereocenters. The highest BCUT2D eigenvalue weighted by Gasteiger charge is 2.35. The number of nitriles is 1. The van der Waals surface area contributed by atoms with Crippen molar-refractivity contribution < 1.29 is 9.59 Å². The van der Waals surface area contributed by atoms with Crippen LogP contribution in [0.5, 0.6) is 0 Å². The summed E-state index contributed by atoms with van der Waals surface area (Å²) in [6.07, 6.45) is 1.86. The number of nitrogens with two attached hydrogens (primary N) is 1. The van der Waals surface area contributed by atoms with Crippen LogP contribution in [0.15, 0.2) is 60.7 Å². The van der Waals surface area contributed by atoms with Crippen molar-refractivity contribution in [2.75, 3.05) is 47.8 Å². The molecule has 5 rings (SSSR count). The lowest BCUT2D eigenvalue weighted by atomic mass is 9.94. The number of hydrogen-bond acceptors (Lipinski definition) is 6. The molecule has 2 amide bonds. The Balaban J connectivity index is 1.31. The van der Waals surface area contributed by atoms with E-state index >= 15 is 0 Å². The number of benzene rings is 3. The lowest BCUT2D eigenvalue weighted by Crippen LogP contribution is -2.59. The maximum Gasteiger partial charge on any atom is 0.254 e. The fourth-order valence-electron chi connectivity index (χ4n) is 6.35. The summed E-state index contributed by atoms with van der Waals surface area (Å²) >= 11 is 0. The second-order valence-corrected chi connectivity index (χ2v) is 11.1. The van der Waals surface area contributed by atoms with Crippen LogP contribution < -0.4 is 20.9 Å². The Hall–Kier alpha value is -4.51. The summed E-state index contributed by atoms with van der Waals surface area (Å²) in [6.45, 7) is 9.08. The van der Waals surface area contributed by atoms with E-state index in [4.69, 9.17) is 5.73 Å². The van der Waals surface area contributed by atoms with Crippen molar-refractivity contribution in [2.24, 2.45) is 5.73 Å². The average molecular weight is 551 g/mol. The molecule has 8 heteroatoms. The average Bonchev–Trinajstić information content (AvgIpc) is 2.99. The topological polar surface area (TPSA) is 106 Å². The number of nitrogens with one attached hydrogen (secondary N) is 1. The maximum atomic E-state index is 14.0. The Kier molecular flexibility index (Phi) is 8.16. The highest BCUT2D eigenvalue weighted by molar-refractivity contribution is 5.99. The summed E-state index contributed by atoms with van der Waals surface area (Å²) in [4.78, 5) is 32.5. The lowest BCUT2D eigenvalue weighted by molar-refractivity contribution is -0.119. The van der Waals surface area contributed by atoms with Crippen molar-refractivity contribution in [2.45, 2.75) is 45.7 Å². The van der Waals surface area contributed by atoms with Crippen molar-refractivity contribution >= 4 is 28.9 Å². The molecule has 0 spiro atoms. The molecule has 2 aliphatic rings. The zero-order valence-electron chi connectivity index (χ0n) is 24.1. The van der Waals surface area contributed by atoms with E-state index in [-0.39, 0.29) is 18.5 Å². The van der Waals surface area contributed by atoms with Gasteiger partial charge in [0.05, 0.1) is 17.8 Å². The molecule has 2 fully saturated rings. The Labute approximate surface area is 242 Å². The smallest absolute Gasteiger partial charge is 0.254 e. The van der Waals surface area contributed by atoms with Crippen molar-refractivity contribution in [3.05, 3.63) is 88.5 Å². The Morgan fingerprint density at radius 1 is 0.927 bits per heavy atom. The van der Waals surface area contributed by atoms with Crippen LogP contribution in [0.4, 0.5) is 17.1 Å². The molecule has 0 saturated carbocycles. The van der Waals surface area contributed by atoms with Crippen LogP contribution in [0.1, 0.15) is 45.5 Å². The van der Waals surface area contributed by atoms with E-state index in [1.165, 1.54) is 0 Å². The second-order valence-electron chi connectivity index (χ2n) is 11.1. The number of primary amides is 1. The third-order valence-corrected chi connectivity index (χ3v) is 8.48. The first-order chi connectivity index (χ1) is 19.8. The number of para-hydroxylation sites is 2. The fourth-order valence-corrected chi connectivity index (χ4v) is 6.35. The molecule has 0 aliphatic carbocycles. The first-order valence-electron chi connectivity index (χ1n) is 14.3. The molecule has 0 aromatic heterocycles. The van der Waals surface area contributed by atoms with Gasteiger partial charge >= 0.3 is 0 Å². The van der Waals surface area contributed by atoms with E-state index in [2.05, 4.69) is 29.3 Å². The molecule has 2 aliphatic heterocycles. The van der Waals surface area contributed by atoms with E-state index in [9.17, 15) is 14.9 Å². The van der Waals surface area contributed by atoms with Gasteiger partial charge < -0.3 is 25.8 Å². The molecule has 3 N–H and O–H groups in total. The summed E-state index contributed by atoms with van der Waals surface area (Å²) in [5.41, 5.74) is 13.1. The highest BCUT2D eigenvalue weighted by Crippen LogP contribution is 2.32. The summed E-state index contributed by atoms with van der Waals surface area (Å²) in [7, 11) is 0. The van der Waals surface area contributed by atoms with Crippen LogP contribution in [-0.4, -0.2) is 61.5 Å². The Morgan fingerprint density at radius 3 is 2.29 bits per heavy atom. The Bertz CT molecular complexity index is 1470. The van der Waals surface area contributed by atoms with Gasteiger partial charge in [-0.2, -0.15) is 5.26 Å². The van der Waals surface area contributed by atoms with E-state index < -0.39 is 11.9 Å². The minimum Gasteiger partial charge on any atom is -0.382 e.